The van der Waals surface area contributed by atoms with E-state index < -0.39 is 0 Å². The Balaban J connectivity index is 1.71. The van der Waals surface area contributed by atoms with Crippen molar-refractivity contribution in [2.24, 2.45) is 5.92 Å². The second-order valence-electron chi connectivity index (χ2n) is 9.23. The van der Waals surface area contributed by atoms with Gasteiger partial charge in [-0.05, 0) is 49.4 Å². The van der Waals surface area contributed by atoms with Crippen LogP contribution in [0.5, 0.6) is 0 Å². The minimum Gasteiger partial charge on any atom is -0.342 e. The molecule has 0 unspecified atom stereocenters. The van der Waals surface area contributed by atoms with Gasteiger partial charge in [-0.15, -0.1) is 10.2 Å². The van der Waals surface area contributed by atoms with Crippen molar-refractivity contribution in [2.45, 2.75) is 65.2 Å². The van der Waals surface area contributed by atoms with E-state index in [9.17, 15) is 9.59 Å². The number of para-hydroxylation sites is 1. The zero-order valence-corrected chi connectivity index (χ0v) is 22.1. The van der Waals surface area contributed by atoms with Crippen LogP contribution in [0.25, 0.3) is 0 Å². The van der Waals surface area contributed by atoms with Crippen LogP contribution in [-0.2, 0) is 11.3 Å². The van der Waals surface area contributed by atoms with Gasteiger partial charge in [0, 0.05) is 17.8 Å². The number of anilines is 1. The molecule has 1 aromatic heterocycles. The molecule has 3 rings (SSSR count). The summed E-state index contributed by atoms with van der Waals surface area (Å²) in [7, 11) is 0. The van der Waals surface area contributed by atoms with E-state index >= 15 is 0 Å². The molecular weight excluding hydrogens is 458 g/mol. The molecule has 0 aliphatic heterocycles. The van der Waals surface area contributed by atoms with Gasteiger partial charge < -0.3 is 15.2 Å². The van der Waals surface area contributed by atoms with Crippen LogP contribution < -0.4 is 10.6 Å². The maximum Gasteiger partial charge on any atom is 0.251 e. The smallest absolute Gasteiger partial charge is 0.251 e. The molecule has 2 aromatic carbocycles. The third kappa shape index (κ3) is 6.72. The summed E-state index contributed by atoms with van der Waals surface area (Å²) >= 11 is 1.34. The zero-order chi connectivity index (χ0) is 25.5. The zero-order valence-electron chi connectivity index (χ0n) is 21.3. The molecule has 0 aliphatic rings. The molecule has 0 bridgehead atoms. The maximum atomic E-state index is 12.9. The van der Waals surface area contributed by atoms with Crippen LogP contribution in [0.15, 0.2) is 53.7 Å². The van der Waals surface area contributed by atoms with Gasteiger partial charge in [-0.25, -0.2) is 0 Å². The van der Waals surface area contributed by atoms with Crippen LogP contribution in [0.3, 0.4) is 0 Å². The van der Waals surface area contributed by atoms with Gasteiger partial charge in [0.05, 0.1) is 11.8 Å². The Morgan fingerprint density at radius 1 is 1.00 bits per heavy atom. The van der Waals surface area contributed by atoms with Crippen LogP contribution in [0.4, 0.5) is 5.69 Å². The number of aryl methyl sites for hydroxylation is 1. The van der Waals surface area contributed by atoms with E-state index in [1.54, 1.807) is 0 Å². The van der Waals surface area contributed by atoms with E-state index in [1.807, 2.05) is 80.8 Å². The maximum absolute atomic E-state index is 12.9. The highest BCUT2D eigenvalue weighted by Gasteiger charge is 2.26. The van der Waals surface area contributed by atoms with Gasteiger partial charge in [0.2, 0.25) is 5.91 Å². The fourth-order valence-electron chi connectivity index (χ4n) is 3.82. The molecular formula is C27H35N5O2S. The largest absolute Gasteiger partial charge is 0.342 e. The second-order valence-corrected chi connectivity index (χ2v) is 10.2. The fraction of sp³-hybridized carbons (Fsp3) is 0.407. The van der Waals surface area contributed by atoms with E-state index in [0.717, 1.165) is 16.8 Å². The summed E-state index contributed by atoms with van der Waals surface area (Å²) in [5.74, 6) is 1.08. The Labute approximate surface area is 212 Å². The average Bonchev–Trinajstić information content (AvgIpc) is 3.24. The lowest BCUT2D eigenvalue weighted by Crippen LogP contribution is -2.33. The molecule has 0 radical (unpaired) electrons. The van der Waals surface area contributed by atoms with Crippen LogP contribution >= 0.6 is 11.8 Å². The molecule has 0 aliphatic carbocycles. The molecule has 2 N–H and O–H groups in total. The van der Waals surface area contributed by atoms with E-state index in [1.165, 1.54) is 11.8 Å². The van der Waals surface area contributed by atoms with E-state index in [2.05, 4.69) is 34.7 Å². The number of carbonyl (C=O) groups excluding carboxylic acids is 2. The monoisotopic (exact) mass is 493 g/mol. The first kappa shape index (κ1) is 26.5. The number of nitrogens with zero attached hydrogens (tertiary/aromatic N) is 3. The quantitative estimate of drug-likeness (QED) is 0.360. The van der Waals surface area contributed by atoms with Gasteiger partial charge in [-0.2, -0.15) is 0 Å². The van der Waals surface area contributed by atoms with Crippen LogP contribution in [0.1, 0.15) is 73.9 Å². The highest BCUT2D eigenvalue weighted by atomic mass is 32.2. The van der Waals surface area contributed by atoms with Crippen LogP contribution in [0.2, 0.25) is 0 Å². The molecule has 0 saturated heterocycles. The highest BCUT2D eigenvalue weighted by molar-refractivity contribution is 7.99. The molecule has 2 amide bonds. The minimum atomic E-state index is -0.308. The molecule has 8 heteroatoms. The lowest BCUT2D eigenvalue weighted by atomic mass is 10.0. The number of carbonyl (C=O) groups is 2. The van der Waals surface area contributed by atoms with Crippen molar-refractivity contribution in [3.63, 3.8) is 0 Å². The number of hydrogen-bond donors (Lipinski definition) is 2. The minimum absolute atomic E-state index is 0.0941. The molecule has 186 valence electrons. The first-order valence-electron chi connectivity index (χ1n) is 12.0. The fourth-order valence-corrected chi connectivity index (χ4v) is 4.63. The number of amides is 2. The summed E-state index contributed by atoms with van der Waals surface area (Å²) in [6.45, 7) is 12.9. The number of benzene rings is 2. The van der Waals surface area contributed by atoms with Gasteiger partial charge in [0.15, 0.2) is 11.0 Å². The van der Waals surface area contributed by atoms with Gasteiger partial charge in [0.25, 0.3) is 5.91 Å². The first-order valence-corrected chi connectivity index (χ1v) is 13.0. The van der Waals surface area contributed by atoms with E-state index in [4.69, 9.17) is 0 Å². The number of thioether (sulfide) groups is 1. The first-order chi connectivity index (χ1) is 16.7. The normalized spacial score (nSPS) is 12.1. The van der Waals surface area contributed by atoms with Crippen LogP contribution in [0, 0.1) is 12.8 Å². The molecule has 35 heavy (non-hydrogen) atoms. The number of aromatic nitrogens is 3. The van der Waals surface area contributed by atoms with Crippen molar-refractivity contribution in [2.75, 3.05) is 11.1 Å². The molecule has 0 fully saturated rings. The van der Waals surface area contributed by atoms with Gasteiger partial charge in [-0.1, -0.05) is 75.4 Å². The Bertz CT molecular complexity index is 1150. The lowest BCUT2D eigenvalue weighted by molar-refractivity contribution is -0.113. The summed E-state index contributed by atoms with van der Waals surface area (Å²) in [6.07, 6.45) is 0. The topological polar surface area (TPSA) is 88.9 Å². The summed E-state index contributed by atoms with van der Waals surface area (Å²) < 4.78 is 1.97. The SMILES string of the molecule is CCn1c(SCC(=O)Nc2ccccc2C(C)C)nnc1[C@@H](NC(=O)c1ccc(C)cc1)C(C)C. The molecule has 0 spiro atoms. The van der Waals surface area contributed by atoms with Crippen molar-refractivity contribution >= 4 is 29.3 Å². The van der Waals surface area contributed by atoms with Crippen molar-refractivity contribution < 1.29 is 9.59 Å². The third-order valence-corrected chi connectivity index (χ3v) is 6.76. The van der Waals surface area contributed by atoms with Crippen LogP contribution in [-0.4, -0.2) is 32.3 Å². The van der Waals surface area contributed by atoms with Crippen molar-refractivity contribution in [1.82, 2.24) is 20.1 Å². The molecule has 3 aromatic rings. The van der Waals surface area contributed by atoms with E-state index in [-0.39, 0.29) is 29.5 Å². The Morgan fingerprint density at radius 2 is 1.69 bits per heavy atom. The number of hydrogen-bond acceptors (Lipinski definition) is 5. The summed E-state index contributed by atoms with van der Waals surface area (Å²) in [5, 5.41) is 15.6. The van der Waals surface area contributed by atoms with Crippen molar-refractivity contribution in [1.29, 1.82) is 0 Å². The summed E-state index contributed by atoms with van der Waals surface area (Å²) in [6, 6.07) is 15.0. The van der Waals surface area contributed by atoms with Crippen molar-refractivity contribution in [3.8, 4) is 0 Å². The summed E-state index contributed by atoms with van der Waals surface area (Å²) in [4.78, 5) is 25.6. The summed E-state index contributed by atoms with van der Waals surface area (Å²) in [5.41, 5.74) is 3.65. The second kappa shape index (κ2) is 12.0. The Morgan fingerprint density at radius 3 is 2.31 bits per heavy atom. The predicted molar refractivity (Wildman–Crippen MR) is 142 cm³/mol. The third-order valence-electron chi connectivity index (χ3n) is 5.80. The van der Waals surface area contributed by atoms with E-state index in [0.29, 0.717) is 29.0 Å². The van der Waals surface area contributed by atoms with Gasteiger partial charge in [0.1, 0.15) is 0 Å². The highest BCUT2D eigenvalue weighted by Crippen LogP contribution is 2.27. The molecule has 7 nitrogen and oxygen atoms in total. The molecule has 1 atom stereocenters. The van der Waals surface area contributed by atoms with Crippen molar-refractivity contribution in [3.05, 3.63) is 71.0 Å². The Hall–Kier alpha value is -3.13. The number of rotatable bonds is 10. The van der Waals surface area contributed by atoms with Gasteiger partial charge in [-0.3, -0.25) is 9.59 Å². The number of nitrogens with one attached hydrogen (secondary N) is 2. The Kier molecular flexibility index (Phi) is 9.09. The standard InChI is InChI=1S/C27H35N5O2S/c1-7-32-25(24(18(4)5)29-26(34)20-14-12-19(6)13-15-20)30-31-27(32)35-16-23(33)28-22-11-9-8-10-21(22)17(2)3/h8-15,17-18,24H,7,16H2,1-6H3,(H,28,33)(H,29,34)/t24-/m0/s1. The molecule has 0 saturated carbocycles. The average molecular weight is 494 g/mol. The molecule has 1 heterocycles. The predicted octanol–water partition coefficient (Wildman–Crippen LogP) is 5.59. The lowest BCUT2D eigenvalue weighted by Gasteiger charge is -2.22. The van der Waals surface area contributed by atoms with Gasteiger partial charge >= 0.3 is 0 Å².